The van der Waals surface area contributed by atoms with Crippen molar-refractivity contribution in [2.45, 2.75) is 6.92 Å². The summed E-state index contributed by atoms with van der Waals surface area (Å²) in [5, 5.41) is 22.2. The molecule has 0 aromatic heterocycles. The van der Waals surface area contributed by atoms with Crippen LogP contribution < -0.4 is 10.7 Å². The molecule has 5 heteroatoms. The van der Waals surface area contributed by atoms with Crippen molar-refractivity contribution in [2.75, 3.05) is 0 Å². The van der Waals surface area contributed by atoms with Gasteiger partial charge in [-0.3, -0.25) is 0 Å². The minimum Gasteiger partial charge on any atom is -0.207 e. The molecule has 34 heavy (non-hydrogen) atoms. The molecule has 0 bridgehead atoms. The van der Waals surface area contributed by atoms with E-state index >= 15 is 0 Å². The highest BCUT2D eigenvalue weighted by molar-refractivity contribution is 6.21. The van der Waals surface area contributed by atoms with Crippen LogP contribution in [0, 0.1) is 30.8 Å². The first kappa shape index (κ1) is 19.8. The Morgan fingerprint density at radius 1 is 0.735 bits per heavy atom. The Morgan fingerprint density at radius 2 is 1.35 bits per heavy atom. The highest BCUT2D eigenvalue weighted by Crippen LogP contribution is 2.34. The van der Waals surface area contributed by atoms with Crippen molar-refractivity contribution in [3.63, 3.8) is 0 Å². The van der Waals surface area contributed by atoms with Crippen molar-refractivity contribution >= 4 is 43.1 Å². The maximum absolute atomic E-state index is 13.8. The fourth-order valence-electron chi connectivity index (χ4n) is 4.96. The quantitative estimate of drug-likeness (QED) is 0.166. The van der Waals surface area contributed by atoms with E-state index in [1.54, 1.807) is 13.0 Å². The van der Waals surface area contributed by atoms with Crippen molar-refractivity contribution < 1.29 is 4.39 Å². The second kappa shape index (κ2) is 7.33. The monoisotopic (exact) mass is 438 g/mol. The van der Waals surface area contributed by atoms with Gasteiger partial charge in [0.25, 0.3) is 0 Å². The van der Waals surface area contributed by atoms with Crippen LogP contribution in [0.5, 0.6) is 0 Å². The molecule has 0 N–H and O–H groups in total. The van der Waals surface area contributed by atoms with E-state index in [1.165, 1.54) is 6.07 Å². The van der Waals surface area contributed by atoms with Gasteiger partial charge in [-0.2, -0.15) is 16.8 Å². The molecule has 6 rings (SSSR count). The van der Waals surface area contributed by atoms with Crippen LogP contribution in [0.25, 0.3) is 59.2 Å². The Balaban J connectivity index is 1.76. The number of rotatable bonds is 1. The second-order valence-corrected chi connectivity index (χ2v) is 8.32. The number of nitriles is 1. The molecule has 0 saturated carbocycles. The Labute approximate surface area is 193 Å². The molecule has 0 unspecified atom stereocenters. The Morgan fingerprint density at radius 3 is 2.06 bits per heavy atom. The molecule has 6 aromatic carbocycles. The van der Waals surface area contributed by atoms with Crippen LogP contribution in [0.3, 0.4) is 0 Å². The van der Waals surface area contributed by atoms with E-state index < -0.39 is 0 Å². The van der Waals surface area contributed by atoms with Crippen LogP contribution in [0.4, 0.5) is 4.39 Å². The van der Waals surface area contributed by atoms with Gasteiger partial charge in [-0.05, 0) is 75.5 Å². The van der Waals surface area contributed by atoms with Crippen LogP contribution in [0.2, 0.25) is 0 Å². The van der Waals surface area contributed by atoms with Crippen molar-refractivity contribution in [2.24, 2.45) is 10.1 Å². The number of hydrogen-bond acceptors (Lipinski definition) is 3. The fourth-order valence-corrected chi connectivity index (χ4v) is 4.96. The summed E-state index contributed by atoms with van der Waals surface area (Å²) in [5.74, 6) is -0.239. The zero-order chi connectivity index (χ0) is 23.4. The molecule has 0 saturated heterocycles. The van der Waals surface area contributed by atoms with E-state index in [0.717, 1.165) is 54.2 Å². The number of benzene rings is 4. The molecule has 0 amide bonds. The number of halogens is 1. The number of fused-ring (bicyclic) bond motifs is 6. The van der Waals surface area contributed by atoms with E-state index in [0.29, 0.717) is 16.3 Å². The van der Waals surface area contributed by atoms with Gasteiger partial charge in [-0.1, -0.05) is 42.5 Å². The highest BCUT2D eigenvalue weighted by Gasteiger charge is 2.16. The minimum atomic E-state index is -0.239. The Kier molecular flexibility index (Phi) is 4.27. The predicted octanol–water partition coefficient (Wildman–Crippen LogP) is 6.41. The van der Waals surface area contributed by atoms with Gasteiger partial charge in [0.15, 0.2) is 5.36 Å². The van der Waals surface area contributed by atoms with E-state index in [9.17, 15) is 9.65 Å². The lowest BCUT2D eigenvalue weighted by atomic mass is 10.0. The van der Waals surface area contributed by atoms with Crippen LogP contribution in [-0.2, 0) is 0 Å². The van der Waals surface area contributed by atoms with Gasteiger partial charge < -0.3 is 0 Å². The molecule has 6 aromatic rings. The highest BCUT2D eigenvalue weighted by atomic mass is 19.1. The summed E-state index contributed by atoms with van der Waals surface area (Å²) in [6.45, 7) is 9.16. The zero-order valence-electron chi connectivity index (χ0n) is 18.1. The molecule has 0 spiro atoms. The van der Waals surface area contributed by atoms with E-state index in [1.807, 2.05) is 60.8 Å². The molecule has 0 aliphatic heterocycles. The first-order chi connectivity index (χ1) is 16.6. The fraction of sp³-hybridized carbons (Fsp3) is 0.0345. The van der Waals surface area contributed by atoms with Gasteiger partial charge in [0.05, 0.1) is 10.5 Å². The van der Waals surface area contributed by atoms with E-state index in [-0.39, 0.29) is 5.82 Å². The van der Waals surface area contributed by atoms with Crippen LogP contribution in [0.15, 0.2) is 82.9 Å². The average molecular weight is 438 g/mol. The third kappa shape index (κ3) is 2.75. The Hall–Kier alpha value is -4.87. The normalized spacial score (nSPS) is 12.7. The molecular weight excluding hydrogens is 423 g/mol. The molecule has 0 fully saturated rings. The SMILES string of the molecule is [C-]#[N+]/N=c1\c2cc(-c3ccc(F)c(C)c3)ccc2c2cc3/c(=N/C#N)c4ccccc4c3cc12. The number of nitrogens with zero attached hydrogens (tertiary/aromatic N) is 4. The summed E-state index contributed by atoms with van der Waals surface area (Å²) in [6.07, 6.45) is 1.94. The topological polar surface area (TPSA) is 52.9 Å². The maximum Gasteiger partial charge on any atom is 0.206 e. The van der Waals surface area contributed by atoms with Gasteiger partial charge in [0.2, 0.25) is 6.19 Å². The third-order valence-corrected chi connectivity index (χ3v) is 6.51. The van der Waals surface area contributed by atoms with Crippen molar-refractivity contribution in [3.8, 4) is 17.3 Å². The first-order valence-electron chi connectivity index (χ1n) is 10.7. The molecule has 0 atom stereocenters. The zero-order valence-corrected chi connectivity index (χ0v) is 18.1. The lowest BCUT2D eigenvalue weighted by Crippen LogP contribution is -1.98. The van der Waals surface area contributed by atoms with E-state index in [2.05, 4.69) is 21.1 Å². The van der Waals surface area contributed by atoms with E-state index in [4.69, 9.17) is 6.57 Å². The standard InChI is InChI=1S/C29H15FN4/c1-16-11-17(8-10-27(16)30)18-7-9-20-23-13-25-22(14-26(23)29(34-32-2)24(20)12-18)19-5-3-4-6-21(19)28(25)33-15-31/h3-14H,1H3/b33-28+,34-29+. The predicted molar refractivity (Wildman–Crippen MR) is 132 cm³/mol. The lowest BCUT2D eigenvalue weighted by molar-refractivity contribution is 0.619. The third-order valence-electron chi connectivity index (χ3n) is 6.51. The maximum atomic E-state index is 13.8. The summed E-state index contributed by atoms with van der Waals surface area (Å²) in [7, 11) is 0. The van der Waals surface area contributed by atoms with Crippen LogP contribution >= 0.6 is 0 Å². The summed E-state index contributed by atoms with van der Waals surface area (Å²) < 4.78 is 13.8. The molecular formula is C29H15FN4. The summed E-state index contributed by atoms with van der Waals surface area (Å²) >= 11 is 0. The van der Waals surface area contributed by atoms with Gasteiger partial charge in [0, 0.05) is 21.5 Å². The van der Waals surface area contributed by atoms with Crippen LogP contribution in [0.1, 0.15) is 5.56 Å². The smallest absolute Gasteiger partial charge is 0.206 e. The molecule has 0 aliphatic carbocycles. The molecule has 0 heterocycles. The molecule has 158 valence electrons. The average Bonchev–Trinajstić information content (AvgIpc) is 3.32. The second-order valence-electron chi connectivity index (χ2n) is 8.32. The number of aryl methyl sites for hydroxylation is 1. The van der Waals surface area contributed by atoms with Gasteiger partial charge >= 0.3 is 0 Å². The van der Waals surface area contributed by atoms with Gasteiger partial charge in [0.1, 0.15) is 5.82 Å². The number of hydrogen-bond donors (Lipinski definition) is 0. The van der Waals surface area contributed by atoms with Gasteiger partial charge in [-0.15, -0.1) is 4.95 Å². The summed E-state index contributed by atoms with van der Waals surface area (Å²) in [4.78, 5) is 7.47. The van der Waals surface area contributed by atoms with Crippen molar-refractivity contribution in [1.29, 1.82) is 5.26 Å². The summed E-state index contributed by atoms with van der Waals surface area (Å²) in [6, 6.07) is 23.1. The summed E-state index contributed by atoms with van der Waals surface area (Å²) in [5.41, 5.74) is 2.41. The molecule has 0 aliphatic rings. The largest absolute Gasteiger partial charge is 0.207 e. The van der Waals surface area contributed by atoms with Crippen molar-refractivity contribution in [3.05, 3.63) is 106 Å². The minimum absolute atomic E-state index is 0.239. The van der Waals surface area contributed by atoms with Gasteiger partial charge in [-0.25, -0.2) is 4.39 Å². The van der Waals surface area contributed by atoms with Crippen molar-refractivity contribution in [1.82, 2.24) is 0 Å². The molecule has 4 nitrogen and oxygen atoms in total. The first-order valence-corrected chi connectivity index (χ1v) is 10.7. The Bertz CT molecular complexity index is 2010. The molecule has 0 radical (unpaired) electrons. The lowest BCUT2D eigenvalue weighted by Gasteiger charge is -2.04. The van der Waals surface area contributed by atoms with Crippen LogP contribution in [-0.4, -0.2) is 0 Å².